The van der Waals surface area contributed by atoms with Gasteiger partial charge in [0.25, 0.3) is 0 Å². The fourth-order valence-corrected chi connectivity index (χ4v) is 7.02. The molecule has 0 aliphatic carbocycles. The van der Waals surface area contributed by atoms with Crippen LogP contribution in [0, 0.1) is 58.3 Å². The Morgan fingerprint density at radius 1 is 0.769 bits per heavy atom. The van der Waals surface area contributed by atoms with E-state index >= 15 is 0 Å². The van der Waals surface area contributed by atoms with Gasteiger partial charge in [0.05, 0.1) is 6.67 Å². The monoisotopic (exact) mass is 1030 g/mol. The zero-order chi connectivity index (χ0) is 50.0. The zero-order valence-electron chi connectivity index (χ0n) is 35.9. The first-order valence-electron chi connectivity index (χ1n) is 19.0. The summed E-state index contributed by atoms with van der Waals surface area (Å²) in [6, 6.07) is 13.0. The Morgan fingerprint density at radius 3 is 1.57 bits per heavy atom. The van der Waals surface area contributed by atoms with E-state index in [-0.39, 0.29) is 18.0 Å². The van der Waals surface area contributed by atoms with Gasteiger partial charge in [-0.1, -0.05) is 35.4 Å². The predicted molar refractivity (Wildman–Crippen MR) is 216 cm³/mol. The first-order valence-corrected chi connectivity index (χ1v) is 20.0. The molecular formula is C41H47F9N5O9Ru. The van der Waals surface area contributed by atoms with Gasteiger partial charge in [-0.05, 0) is 70.8 Å². The third-order valence-corrected chi connectivity index (χ3v) is 10.0. The van der Waals surface area contributed by atoms with E-state index in [0.29, 0.717) is 25.3 Å². The number of aromatic hydroxyl groups is 1. The number of non-ortho nitro benzene ring substituents is 1. The molecule has 2 heterocycles. The Kier molecular flexibility index (Phi) is 19.5. The normalized spacial score (nSPS) is 14.6. The maximum absolute atomic E-state index is 13.2. The molecule has 0 atom stereocenters. The van der Waals surface area contributed by atoms with E-state index in [1.807, 2.05) is 4.90 Å². The quantitative estimate of drug-likeness (QED) is 0.0435. The number of esters is 1. The second kappa shape index (κ2) is 22.7. The zero-order valence-corrected chi connectivity index (χ0v) is 37.7. The summed E-state index contributed by atoms with van der Waals surface area (Å²) in [5, 5.41) is 34.5. The van der Waals surface area contributed by atoms with E-state index in [9.17, 15) is 59.2 Å². The van der Waals surface area contributed by atoms with E-state index in [4.69, 9.17) is 20.1 Å². The molecule has 3 N–H and O–H groups in total. The number of nitrogens with zero attached hydrogens (tertiary/aromatic N) is 5. The van der Waals surface area contributed by atoms with E-state index in [2.05, 4.69) is 105 Å². The van der Waals surface area contributed by atoms with Crippen molar-refractivity contribution in [3.8, 4) is 5.75 Å². The molecule has 2 aliphatic rings. The molecule has 0 aromatic heterocycles. The van der Waals surface area contributed by atoms with Crippen molar-refractivity contribution >= 4 is 39.6 Å². The number of aryl methyl sites for hydroxylation is 6. The van der Waals surface area contributed by atoms with Crippen LogP contribution in [-0.2, 0) is 37.0 Å². The van der Waals surface area contributed by atoms with Crippen LogP contribution in [0.15, 0.2) is 42.5 Å². The second-order valence-electron chi connectivity index (χ2n) is 14.9. The molecule has 2 aliphatic heterocycles. The summed E-state index contributed by atoms with van der Waals surface area (Å²) in [5.41, 5.74) is 11.3. The van der Waals surface area contributed by atoms with Crippen molar-refractivity contribution in [1.82, 2.24) is 9.80 Å². The van der Waals surface area contributed by atoms with Gasteiger partial charge in [0.2, 0.25) is 0 Å². The maximum atomic E-state index is 13.2. The number of phenols is 1. The van der Waals surface area contributed by atoms with Crippen LogP contribution in [0.25, 0.3) is 0 Å². The van der Waals surface area contributed by atoms with Crippen LogP contribution in [0.1, 0.15) is 38.9 Å². The third kappa shape index (κ3) is 14.6. The van der Waals surface area contributed by atoms with Gasteiger partial charge in [-0.2, -0.15) is 46.2 Å². The molecular weight excluding hydrogens is 979 g/mol. The number of nitro groups is 1. The number of alkyl halides is 9. The number of halogens is 9. The van der Waals surface area contributed by atoms with Crippen molar-refractivity contribution in [2.45, 2.75) is 65.5 Å². The molecule has 2 saturated heterocycles. The number of anilines is 2. The minimum absolute atomic E-state index is 0.0243. The number of carbonyl (C=O) groups is 3. The molecule has 3 aromatic rings. The Bertz CT molecular complexity index is 2100. The molecule has 0 bridgehead atoms. The number of benzene rings is 3. The number of hydrogen-bond acceptors (Lipinski definition) is 11. The molecule has 0 unspecified atom stereocenters. The Labute approximate surface area is 377 Å². The van der Waals surface area contributed by atoms with Crippen molar-refractivity contribution in [1.29, 1.82) is 0 Å². The number of carboxylic acids is 2. The van der Waals surface area contributed by atoms with Gasteiger partial charge in [0.1, 0.15) is 6.61 Å². The summed E-state index contributed by atoms with van der Waals surface area (Å²) in [7, 11) is 1.76. The summed E-state index contributed by atoms with van der Waals surface area (Å²) >= 11 is 2.18. The summed E-state index contributed by atoms with van der Waals surface area (Å²) in [6.07, 6.45) is -5.08. The summed E-state index contributed by atoms with van der Waals surface area (Å²) in [5.74, 6) is -27.7. The summed E-state index contributed by atoms with van der Waals surface area (Å²) < 4.78 is 115. The molecule has 0 spiro atoms. The van der Waals surface area contributed by atoms with Crippen LogP contribution in [0.3, 0.4) is 0 Å². The standard InChI is InChI=1S/C21H27N2.C11H14F6N2O4.C7H5NO3.C2HF3O2.Ru/c1-14-9-16(3)20(17(4)10-14)22-7-8-23(13-22)21-18(5)11-15(2)12-19(21)6;1-18-2-3-19(6-18)4-5-23-8(22)10(14,15)11(16,17)9(12,13)7(20)21;1-5-4-6(8(10)11)2-3-7(5)9;3-2(4,5)1(6)7;/h9-13H,7-8H2,1-6H3;2-6H2,1H3,(H,20,21);1-4,9H;(H,6,7);/q-1;;;;+1. The van der Waals surface area contributed by atoms with Gasteiger partial charge < -0.3 is 24.7 Å². The molecule has 3 aromatic carbocycles. The fourth-order valence-electron chi connectivity index (χ4n) is 6.62. The van der Waals surface area contributed by atoms with Crippen LogP contribution >= 0.6 is 0 Å². The number of hydrogen-bond donors (Lipinski definition) is 3. The van der Waals surface area contributed by atoms with E-state index in [1.165, 1.54) is 63.0 Å². The number of aliphatic carboxylic acids is 2. The molecule has 0 saturated carbocycles. The number of carbonyl (C=O) groups excluding carboxylic acids is 1. The molecule has 14 nitrogen and oxygen atoms in total. The van der Waals surface area contributed by atoms with Crippen molar-refractivity contribution in [3.05, 3.63) is 98.2 Å². The Morgan fingerprint density at radius 2 is 1.22 bits per heavy atom. The van der Waals surface area contributed by atoms with Gasteiger partial charge in [-0.25, -0.2) is 14.4 Å². The number of carboxylic acid groups (broad SMARTS) is 2. The molecule has 5 rings (SSSR count). The summed E-state index contributed by atoms with van der Waals surface area (Å²) in [6.45, 7) is 18.4. The Balaban J connectivity index is 0.000000324. The van der Waals surface area contributed by atoms with Crippen LogP contribution in [0.4, 0.5) is 56.6 Å². The molecule has 361 valence electrons. The minimum atomic E-state index is -6.43. The van der Waals surface area contributed by atoms with Gasteiger partial charge in [-0.3, -0.25) is 9.80 Å². The van der Waals surface area contributed by atoms with E-state index in [1.54, 1.807) is 16.6 Å². The van der Waals surface area contributed by atoms with Gasteiger partial charge in [-0.15, -0.1) is 0 Å². The number of ether oxygens (including phenoxy) is 1. The van der Waals surface area contributed by atoms with Crippen LogP contribution in [-0.4, -0.2) is 130 Å². The molecule has 65 heavy (non-hydrogen) atoms. The first kappa shape index (κ1) is 55.8. The third-order valence-electron chi connectivity index (χ3n) is 9.47. The SMILES string of the molecule is CN1CCN(CCOC(=O)C(F)(F)C(F)(F)C(F)(F)C(=O)O)C1.Cc1cc(C)c(N2[CH-]N(c3c(C)cc(C)cc3C)CC2)c(C)c1.O=C(O)C(F)(F)F.O=[N+]([O-])c1ccc(O)c([CH]=[Ru+])c1. The molecule has 24 heteroatoms. The predicted octanol–water partition coefficient (Wildman–Crippen LogP) is 7.34. The van der Waals surface area contributed by atoms with Crippen molar-refractivity contribution in [3.63, 3.8) is 0 Å². The first-order chi connectivity index (χ1) is 29.8. The van der Waals surface area contributed by atoms with Crippen molar-refractivity contribution in [2.75, 3.05) is 62.8 Å². The van der Waals surface area contributed by atoms with Crippen LogP contribution in [0.5, 0.6) is 5.75 Å². The van der Waals surface area contributed by atoms with Crippen LogP contribution < -0.4 is 9.80 Å². The number of likely N-dealkylation sites (N-methyl/N-ethyl adjacent to an activating group) is 1. The second-order valence-corrected chi connectivity index (χ2v) is 15.4. The van der Waals surface area contributed by atoms with Crippen molar-refractivity contribution in [2.24, 2.45) is 0 Å². The molecule has 2 fully saturated rings. The number of nitro benzene ring substituents is 1. The van der Waals surface area contributed by atoms with Gasteiger partial charge >= 0.3 is 120 Å². The van der Waals surface area contributed by atoms with Gasteiger partial charge in [0.15, 0.2) is 0 Å². The van der Waals surface area contributed by atoms with Gasteiger partial charge in [0, 0.05) is 44.1 Å². The fraction of sp³-hybridized carbons (Fsp3) is 0.439. The molecule has 0 amide bonds. The van der Waals surface area contributed by atoms with Crippen LogP contribution in [0.2, 0.25) is 0 Å². The molecule has 0 radical (unpaired) electrons. The van der Waals surface area contributed by atoms with E-state index < -0.39 is 53.4 Å². The topological polar surface area (TPSA) is 177 Å². The van der Waals surface area contributed by atoms with Crippen molar-refractivity contribution < 1.29 is 96.7 Å². The average Bonchev–Trinajstić information content (AvgIpc) is 3.83. The van der Waals surface area contributed by atoms with E-state index in [0.717, 1.165) is 13.1 Å². The number of phenolic OH excluding ortho intramolecular Hbond substituents is 1. The summed E-state index contributed by atoms with van der Waals surface area (Å²) in [4.78, 5) is 48.0. The Hall–Kier alpha value is -5.35. The number of rotatable bonds is 11. The average molecular weight is 1030 g/mol.